The lowest BCUT2D eigenvalue weighted by Crippen LogP contribution is -2.12. The Morgan fingerprint density at radius 2 is 2.00 bits per heavy atom. The van der Waals surface area contributed by atoms with E-state index in [1.165, 1.54) is 20.9 Å². The lowest BCUT2D eigenvalue weighted by molar-refractivity contribution is 0.717. The molecule has 1 N–H and O–H groups in total. The van der Waals surface area contributed by atoms with Gasteiger partial charge >= 0.3 is 0 Å². The van der Waals surface area contributed by atoms with Crippen molar-refractivity contribution >= 4 is 27.7 Å². The van der Waals surface area contributed by atoms with Gasteiger partial charge in [0.25, 0.3) is 0 Å². The van der Waals surface area contributed by atoms with Crippen LogP contribution in [0.1, 0.15) is 18.1 Å². The molecule has 19 heavy (non-hydrogen) atoms. The van der Waals surface area contributed by atoms with Crippen LogP contribution in [-0.2, 0) is 6.54 Å². The van der Waals surface area contributed by atoms with Gasteiger partial charge in [-0.1, -0.05) is 52.3 Å². The Balaban J connectivity index is 2.23. The van der Waals surface area contributed by atoms with Crippen LogP contribution in [0.15, 0.2) is 56.7 Å². The highest BCUT2D eigenvalue weighted by atomic mass is 79.9. The van der Waals surface area contributed by atoms with Crippen LogP contribution in [0.25, 0.3) is 0 Å². The molecule has 0 spiro atoms. The Bertz CT molecular complexity index is 554. The molecule has 0 amide bonds. The quantitative estimate of drug-likeness (QED) is 0.823. The van der Waals surface area contributed by atoms with E-state index in [0.717, 1.165) is 17.6 Å². The SMILES string of the molecule is CCNCc1cc(Br)ccc1Sc1cccc(C)c1. The average molecular weight is 336 g/mol. The summed E-state index contributed by atoms with van der Waals surface area (Å²) in [5.41, 5.74) is 2.64. The first kappa shape index (κ1) is 14.6. The van der Waals surface area contributed by atoms with E-state index in [0.29, 0.717) is 0 Å². The number of nitrogens with one attached hydrogen (secondary N) is 1. The number of aryl methyl sites for hydroxylation is 1. The van der Waals surface area contributed by atoms with Gasteiger partial charge in [-0.3, -0.25) is 0 Å². The molecule has 0 fully saturated rings. The Kier molecular flexibility index (Phi) is 5.49. The molecule has 2 aromatic carbocycles. The van der Waals surface area contributed by atoms with Crippen molar-refractivity contribution in [3.05, 3.63) is 58.1 Å². The molecule has 0 aliphatic carbocycles. The van der Waals surface area contributed by atoms with Gasteiger partial charge in [-0.15, -0.1) is 0 Å². The fraction of sp³-hybridized carbons (Fsp3) is 0.250. The van der Waals surface area contributed by atoms with Crippen molar-refractivity contribution in [2.45, 2.75) is 30.2 Å². The molecule has 0 radical (unpaired) electrons. The van der Waals surface area contributed by atoms with Crippen molar-refractivity contribution < 1.29 is 0 Å². The van der Waals surface area contributed by atoms with Gasteiger partial charge in [-0.05, 0) is 49.4 Å². The predicted molar refractivity (Wildman–Crippen MR) is 86.8 cm³/mol. The average Bonchev–Trinajstić information content (AvgIpc) is 2.39. The molecule has 0 aliphatic rings. The molecule has 0 aromatic heterocycles. The summed E-state index contributed by atoms with van der Waals surface area (Å²) in [5.74, 6) is 0. The van der Waals surface area contributed by atoms with Crippen LogP contribution in [0.4, 0.5) is 0 Å². The molecule has 1 nitrogen and oxygen atoms in total. The lowest BCUT2D eigenvalue weighted by Gasteiger charge is -2.10. The highest BCUT2D eigenvalue weighted by molar-refractivity contribution is 9.10. The summed E-state index contributed by atoms with van der Waals surface area (Å²) in [5, 5.41) is 3.40. The normalized spacial score (nSPS) is 10.7. The van der Waals surface area contributed by atoms with E-state index >= 15 is 0 Å². The van der Waals surface area contributed by atoms with Crippen LogP contribution in [0, 0.1) is 6.92 Å². The van der Waals surface area contributed by atoms with Crippen LogP contribution < -0.4 is 5.32 Å². The monoisotopic (exact) mass is 335 g/mol. The summed E-state index contributed by atoms with van der Waals surface area (Å²) in [7, 11) is 0. The highest BCUT2D eigenvalue weighted by Crippen LogP contribution is 2.32. The minimum Gasteiger partial charge on any atom is -0.313 e. The van der Waals surface area contributed by atoms with Gasteiger partial charge in [0, 0.05) is 20.8 Å². The molecular weight excluding hydrogens is 318 g/mol. The predicted octanol–water partition coefficient (Wildman–Crippen LogP) is 5.02. The van der Waals surface area contributed by atoms with E-state index in [2.05, 4.69) is 77.6 Å². The molecule has 2 aromatic rings. The summed E-state index contributed by atoms with van der Waals surface area (Å²) >= 11 is 5.37. The topological polar surface area (TPSA) is 12.0 Å². The zero-order chi connectivity index (χ0) is 13.7. The summed E-state index contributed by atoms with van der Waals surface area (Å²) in [4.78, 5) is 2.61. The molecule has 0 saturated heterocycles. The molecule has 0 bridgehead atoms. The first-order valence-corrected chi connectivity index (χ1v) is 8.03. The number of rotatable bonds is 5. The zero-order valence-corrected chi connectivity index (χ0v) is 13.6. The minimum atomic E-state index is 0.907. The van der Waals surface area contributed by atoms with E-state index in [4.69, 9.17) is 0 Å². The van der Waals surface area contributed by atoms with E-state index in [1.807, 2.05) is 11.8 Å². The lowest BCUT2D eigenvalue weighted by atomic mass is 10.2. The van der Waals surface area contributed by atoms with E-state index in [9.17, 15) is 0 Å². The molecule has 0 aliphatic heterocycles. The maximum Gasteiger partial charge on any atom is 0.0217 e. The fourth-order valence-corrected chi connectivity index (χ4v) is 3.30. The largest absolute Gasteiger partial charge is 0.313 e. The van der Waals surface area contributed by atoms with Crippen molar-refractivity contribution in [1.29, 1.82) is 0 Å². The van der Waals surface area contributed by atoms with Gasteiger partial charge in [0.05, 0.1) is 0 Å². The van der Waals surface area contributed by atoms with Gasteiger partial charge in [-0.25, -0.2) is 0 Å². The van der Waals surface area contributed by atoms with Gasteiger partial charge in [-0.2, -0.15) is 0 Å². The fourth-order valence-electron chi connectivity index (χ4n) is 1.85. The van der Waals surface area contributed by atoms with Crippen molar-refractivity contribution in [3.8, 4) is 0 Å². The smallest absolute Gasteiger partial charge is 0.0217 e. The molecule has 0 atom stereocenters. The van der Waals surface area contributed by atoms with Gasteiger partial charge in [0.15, 0.2) is 0 Å². The van der Waals surface area contributed by atoms with Crippen LogP contribution in [0.3, 0.4) is 0 Å². The van der Waals surface area contributed by atoms with Crippen molar-refractivity contribution in [3.63, 3.8) is 0 Å². The summed E-state index contributed by atoms with van der Waals surface area (Å²) in [6.07, 6.45) is 0. The molecule has 0 saturated carbocycles. The second kappa shape index (κ2) is 7.13. The first-order valence-electron chi connectivity index (χ1n) is 6.42. The van der Waals surface area contributed by atoms with Crippen LogP contribution >= 0.6 is 27.7 Å². The Hall–Kier alpha value is -0.770. The Morgan fingerprint density at radius 3 is 2.74 bits per heavy atom. The molecule has 0 unspecified atom stereocenters. The second-order valence-corrected chi connectivity index (χ2v) is 6.48. The van der Waals surface area contributed by atoms with Gasteiger partial charge < -0.3 is 5.32 Å². The molecule has 100 valence electrons. The summed E-state index contributed by atoms with van der Waals surface area (Å²) < 4.78 is 1.13. The highest BCUT2D eigenvalue weighted by Gasteiger charge is 2.05. The molecule has 3 heteroatoms. The summed E-state index contributed by atoms with van der Waals surface area (Å²) in [6.45, 7) is 6.15. The number of halogens is 1. The van der Waals surface area contributed by atoms with Crippen molar-refractivity contribution in [2.24, 2.45) is 0 Å². The summed E-state index contributed by atoms with van der Waals surface area (Å²) in [6, 6.07) is 15.1. The third-order valence-electron chi connectivity index (χ3n) is 2.81. The molecule has 2 rings (SSSR count). The molecular formula is C16H18BrNS. The maximum atomic E-state index is 3.55. The van der Waals surface area contributed by atoms with Crippen LogP contribution in [0.5, 0.6) is 0 Å². The first-order chi connectivity index (χ1) is 9.19. The third-order valence-corrected chi connectivity index (χ3v) is 4.41. The molecule has 0 heterocycles. The number of hydrogen-bond acceptors (Lipinski definition) is 2. The van der Waals surface area contributed by atoms with Crippen molar-refractivity contribution in [2.75, 3.05) is 6.54 Å². The van der Waals surface area contributed by atoms with Gasteiger partial charge in [0.2, 0.25) is 0 Å². The second-order valence-electron chi connectivity index (χ2n) is 4.45. The number of benzene rings is 2. The van der Waals surface area contributed by atoms with Gasteiger partial charge in [0.1, 0.15) is 0 Å². The van der Waals surface area contributed by atoms with E-state index < -0.39 is 0 Å². The van der Waals surface area contributed by atoms with E-state index in [-0.39, 0.29) is 0 Å². The third kappa shape index (κ3) is 4.37. The van der Waals surface area contributed by atoms with Crippen LogP contribution in [-0.4, -0.2) is 6.54 Å². The van der Waals surface area contributed by atoms with Crippen LogP contribution in [0.2, 0.25) is 0 Å². The minimum absolute atomic E-state index is 0.907. The number of hydrogen-bond donors (Lipinski definition) is 1. The standard InChI is InChI=1S/C16H18BrNS/c1-3-18-11-13-10-14(17)7-8-16(13)19-15-6-4-5-12(2)9-15/h4-10,18H,3,11H2,1-2H3. The van der Waals surface area contributed by atoms with Crippen molar-refractivity contribution in [1.82, 2.24) is 5.32 Å². The maximum absolute atomic E-state index is 3.55. The Morgan fingerprint density at radius 1 is 1.16 bits per heavy atom. The Labute approximate surface area is 127 Å². The zero-order valence-electron chi connectivity index (χ0n) is 11.2. The van der Waals surface area contributed by atoms with E-state index in [1.54, 1.807) is 0 Å².